The second-order valence-electron chi connectivity index (χ2n) is 15.0. The lowest BCUT2D eigenvalue weighted by molar-refractivity contribution is -0.160. The number of hydrogen-bond donors (Lipinski definition) is 6. The standard InChI is InChI=1S/C41H54N2O13/c1-18(2)56-42-17-26-31-36(49)29-28(35(26)48)30-38(24(8)34(29)47)55-41(10,39(30)50)53-16-15-27(52-11)21(5)37(54-25(9)44)23(7)33(46)22(6)32(45)19(3)13-12-14-20(4)40(51)43-31/h12-19,21-23,27,32-33,37,45-49H,1-11H3,(H,43,51)/b13-12-,16-15-,20-14-,42-17+/t19-,21+,22+,23+,27-,32-,33+,37+,41-/m0/s1. The van der Waals surface area contributed by atoms with Gasteiger partial charge in [0.15, 0.2) is 5.75 Å². The number of ether oxygens (including phenoxy) is 4. The van der Waals surface area contributed by atoms with E-state index in [9.17, 15) is 39.9 Å². The summed E-state index contributed by atoms with van der Waals surface area (Å²) in [5.41, 5.74) is -0.618. The number of oxime groups is 1. The summed E-state index contributed by atoms with van der Waals surface area (Å²) in [4.78, 5) is 45.4. The minimum atomic E-state index is -2.06. The summed E-state index contributed by atoms with van der Waals surface area (Å²) in [7, 11) is 1.43. The van der Waals surface area contributed by atoms with E-state index in [2.05, 4.69) is 10.5 Å². The number of nitrogens with zero attached hydrogens (tertiary/aromatic N) is 1. The molecule has 0 fully saturated rings. The van der Waals surface area contributed by atoms with Crippen molar-refractivity contribution in [3.63, 3.8) is 0 Å². The predicted octanol–water partition coefficient (Wildman–Crippen LogP) is 5.51. The molecule has 2 aromatic rings. The van der Waals surface area contributed by atoms with E-state index in [0.717, 1.165) is 6.21 Å². The summed E-state index contributed by atoms with van der Waals surface area (Å²) in [6, 6.07) is 0. The number of esters is 1. The van der Waals surface area contributed by atoms with Gasteiger partial charge in [0.25, 0.3) is 11.7 Å². The molecule has 2 aromatic carbocycles. The molecule has 0 spiro atoms. The fourth-order valence-electron chi connectivity index (χ4n) is 7.08. The minimum Gasteiger partial charge on any atom is -0.507 e. The van der Waals surface area contributed by atoms with Crippen LogP contribution in [-0.4, -0.2) is 92.8 Å². The van der Waals surface area contributed by atoms with Gasteiger partial charge in [-0.05, 0) is 33.8 Å². The molecule has 9 atom stereocenters. The van der Waals surface area contributed by atoms with Crippen LogP contribution in [0.15, 0.2) is 41.3 Å². The van der Waals surface area contributed by atoms with E-state index in [1.54, 1.807) is 53.7 Å². The molecule has 6 N–H and O–H groups in total. The van der Waals surface area contributed by atoms with Crippen LogP contribution in [0.4, 0.5) is 5.69 Å². The number of rotatable bonds is 5. The van der Waals surface area contributed by atoms with Crippen molar-refractivity contribution >= 4 is 40.3 Å². The van der Waals surface area contributed by atoms with Crippen LogP contribution in [0.2, 0.25) is 0 Å². The number of amides is 1. The molecule has 306 valence electrons. The van der Waals surface area contributed by atoms with Crippen molar-refractivity contribution in [2.45, 2.75) is 106 Å². The number of phenols is 3. The van der Waals surface area contributed by atoms with Crippen LogP contribution in [0.5, 0.6) is 23.0 Å². The molecule has 15 nitrogen and oxygen atoms in total. The number of aliphatic hydroxyl groups is 2. The average molecular weight is 783 g/mol. The number of carbonyl (C=O) groups is 3. The van der Waals surface area contributed by atoms with Crippen molar-refractivity contribution in [3.8, 4) is 23.0 Å². The molecule has 0 saturated carbocycles. The summed E-state index contributed by atoms with van der Waals surface area (Å²) in [6.07, 6.45) is 4.11. The Balaban J connectivity index is 1.97. The van der Waals surface area contributed by atoms with E-state index in [-0.39, 0.29) is 50.6 Å². The van der Waals surface area contributed by atoms with Crippen LogP contribution in [0.3, 0.4) is 0 Å². The first kappa shape index (κ1) is 43.6. The summed E-state index contributed by atoms with van der Waals surface area (Å²) in [6.45, 7) is 15.8. The molecule has 0 radical (unpaired) electrons. The smallest absolute Gasteiger partial charge is 0.312 e. The quantitative estimate of drug-likeness (QED) is 0.0725. The highest BCUT2D eigenvalue weighted by molar-refractivity contribution is 6.23. The molecular formula is C41H54N2O13. The Morgan fingerprint density at radius 2 is 1.62 bits per heavy atom. The van der Waals surface area contributed by atoms with Gasteiger partial charge in [0.05, 0.1) is 53.0 Å². The lowest BCUT2D eigenvalue weighted by Gasteiger charge is -2.38. The number of carbonyl (C=O) groups excluding carboxylic acids is 3. The molecule has 15 heteroatoms. The number of Topliss-reactive ketones (excluding diaryl/α,β-unsaturated/α-hetero) is 1. The Bertz CT molecular complexity index is 1970. The van der Waals surface area contributed by atoms with E-state index < -0.39 is 88.8 Å². The maximum atomic E-state index is 14.3. The van der Waals surface area contributed by atoms with Crippen molar-refractivity contribution in [2.75, 3.05) is 12.4 Å². The fraction of sp³-hybridized carbons (Fsp3) is 0.512. The van der Waals surface area contributed by atoms with Crippen LogP contribution >= 0.6 is 0 Å². The van der Waals surface area contributed by atoms with Gasteiger partial charge in [0, 0.05) is 61.2 Å². The number of hydrogen-bond acceptors (Lipinski definition) is 14. The van der Waals surface area contributed by atoms with Crippen molar-refractivity contribution in [1.29, 1.82) is 0 Å². The lowest BCUT2D eigenvalue weighted by atomic mass is 9.78. The third-order valence-electron chi connectivity index (χ3n) is 10.5. The van der Waals surface area contributed by atoms with Gasteiger partial charge < -0.3 is 54.6 Å². The third-order valence-corrected chi connectivity index (χ3v) is 10.5. The zero-order valence-corrected chi connectivity index (χ0v) is 33.6. The highest BCUT2D eigenvalue weighted by Gasteiger charge is 2.50. The largest absolute Gasteiger partial charge is 0.507 e. The SMILES string of the molecule is CO[C@H]1/C=C\O[C@@]2(C)Oc3c(C)c(O)c4c(O)c(c(/C=N/OC(C)C)c(O)c4c3C2=O)NC(=O)/C(C)=C\C=C/[C@H](C)[C@H](O)[C@@H](C)[C@@H](O)[C@@H](C)[C@H](OC(C)=O)[C@@H]1C. The predicted molar refractivity (Wildman–Crippen MR) is 208 cm³/mol. The Labute approximate surface area is 326 Å². The molecule has 1 amide bonds. The first-order chi connectivity index (χ1) is 26.2. The van der Waals surface area contributed by atoms with Gasteiger partial charge in [-0.15, -0.1) is 0 Å². The Morgan fingerprint density at radius 3 is 2.23 bits per heavy atom. The van der Waals surface area contributed by atoms with E-state index in [0.29, 0.717) is 0 Å². The molecule has 0 saturated heterocycles. The van der Waals surface area contributed by atoms with Gasteiger partial charge >= 0.3 is 11.8 Å². The lowest BCUT2D eigenvalue weighted by Crippen LogP contribution is -2.46. The second kappa shape index (κ2) is 17.3. The van der Waals surface area contributed by atoms with Crippen molar-refractivity contribution in [3.05, 3.63) is 52.8 Å². The summed E-state index contributed by atoms with van der Waals surface area (Å²) >= 11 is 0. The Morgan fingerprint density at radius 1 is 0.964 bits per heavy atom. The minimum absolute atomic E-state index is 0.0334. The maximum absolute atomic E-state index is 14.3. The number of anilines is 1. The third kappa shape index (κ3) is 8.49. The van der Waals surface area contributed by atoms with Crippen molar-refractivity contribution in [1.82, 2.24) is 0 Å². The zero-order valence-electron chi connectivity index (χ0n) is 33.6. The summed E-state index contributed by atoms with van der Waals surface area (Å²) in [5, 5.41) is 63.6. The molecule has 5 bridgehead atoms. The van der Waals surface area contributed by atoms with E-state index >= 15 is 0 Å². The first-order valence-corrected chi connectivity index (χ1v) is 18.4. The number of ketones is 1. The molecule has 0 aliphatic carbocycles. The molecule has 5 rings (SSSR count). The number of benzene rings is 2. The maximum Gasteiger partial charge on any atom is 0.312 e. The van der Waals surface area contributed by atoms with Crippen molar-refractivity contribution in [2.24, 2.45) is 28.8 Å². The Kier molecular flexibility index (Phi) is 13.5. The normalized spacial score (nSPS) is 31.1. The van der Waals surface area contributed by atoms with E-state index in [4.69, 9.17) is 23.8 Å². The van der Waals surface area contributed by atoms with Crippen LogP contribution in [-0.2, 0) is 28.6 Å². The average Bonchev–Trinajstić information content (AvgIpc) is 3.41. The highest BCUT2D eigenvalue weighted by atomic mass is 16.7. The highest BCUT2D eigenvalue weighted by Crippen LogP contribution is 2.55. The van der Waals surface area contributed by atoms with E-state index in [1.165, 1.54) is 53.2 Å². The molecule has 3 aliphatic rings. The van der Waals surface area contributed by atoms with Gasteiger partial charge in [-0.1, -0.05) is 51.1 Å². The second-order valence-corrected chi connectivity index (χ2v) is 15.0. The molecule has 3 aliphatic heterocycles. The molecule has 3 heterocycles. The molecule has 0 unspecified atom stereocenters. The van der Waals surface area contributed by atoms with Crippen molar-refractivity contribution < 1.29 is 63.7 Å². The number of aromatic hydroxyl groups is 3. The number of phenolic OH excluding ortho intramolecular Hbond substituents is 3. The number of aliphatic hydroxyl groups excluding tert-OH is 2. The van der Waals surface area contributed by atoms with Gasteiger partial charge in [-0.25, -0.2) is 0 Å². The van der Waals surface area contributed by atoms with Crippen LogP contribution in [0.25, 0.3) is 10.8 Å². The number of allylic oxidation sites excluding steroid dienone is 2. The van der Waals surface area contributed by atoms with Gasteiger partial charge in [0.1, 0.15) is 29.5 Å². The topological polar surface area (TPSA) is 223 Å². The van der Waals surface area contributed by atoms with Gasteiger partial charge in [-0.2, -0.15) is 0 Å². The first-order valence-electron chi connectivity index (χ1n) is 18.4. The van der Waals surface area contributed by atoms with Gasteiger partial charge in [0.2, 0.25) is 0 Å². The van der Waals surface area contributed by atoms with E-state index in [1.807, 2.05) is 0 Å². The molecule has 56 heavy (non-hydrogen) atoms. The number of nitrogens with one attached hydrogen (secondary N) is 1. The summed E-state index contributed by atoms with van der Waals surface area (Å²) < 4.78 is 23.4. The molecular weight excluding hydrogens is 728 g/mol. The van der Waals surface area contributed by atoms with Gasteiger partial charge in [-0.3, -0.25) is 14.4 Å². The summed E-state index contributed by atoms with van der Waals surface area (Å²) in [5.74, 6) is -8.63. The Hall–Kier alpha value is -5.12. The fourth-order valence-corrected chi connectivity index (χ4v) is 7.08. The number of fused-ring (bicyclic) bond motifs is 14. The monoisotopic (exact) mass is 782 g/mol. The van der Waals surface area contributed by atoms with Crippen LogP contribution in [0, 0.1) is 30.6 Å². The zero-order chi connectivity index (χ0) is 42.0. The van der Waals surface area contributed by atoms with Crippen LogP contribution < -0.4 is 10.1 Å². The molecule has 0 aromatic heterocycles. The van der Waals surface area contributed by atoms with Crippen LogP contribution in [0.1, 0.15) is 83.8 Å². The number of methoxy groups -OCH3 is 1.